The van der Waals surface area contributed by atoms with Crippen LogP contribution in [0.1, 0.15) is 25.0 Å². The van der Waals surface area contributed by atoms with Crippen molar-refractivity contribution in [2.45, 2.75) is 20.3 Å². The van der Waals surface area contributed by atoms with Crippen LogP contribution in [-0.4, -0.2) is 37.3 Å². The van der Waals surface area contributed by atoms with Crippen molar-refractivity contribution >= 4 is 11.8 Å². The fourth-order valence-corrected chi connectivity index (χ4v) is 1.84. The van der Waals surface area contributed by atoms with E-state index in [1.807, 2.05) is 26.0 Å². The zero-order valence-corrected chi connectivity index (χ0v) is 13.3. The Kier molecular flexibility index (Phi) is 6.40. The molecule has 0 unspecified atom stereocenters. The number of phenolic OH excluding ortho intramolecular Hbond substituents is 1. The Bertz CT molecular complexity index is 435. The third-order valence-electron chi connectivity index (χ3n) is 2.77. The molecule has 108 valence electrons. The van der Waals surface area contributed by atoms with Crippen molar-refractivity contribution in [1.29, 1.82) is 0 Å². The van der Waals surface area contributed by atoms with Gasteiger partial charge in [0, 0.05) is 17.7 Å². The minimum Gasteiger partial charge on any atom is -1.00 e. The third kappa shape index (κ3) is 5.99. The molecule has 0 heterocycles. The van der Waals surface area contributed by atoms with E-state index in [0.717, 1.165) is 28.6 Å². The van der Waals surface area contributed by atoms with Gasteiger partial charge in [-0.3, -0.25) is 0 Å². The second-order valence-electron chi connectivity index (χ2n) is 6.09. The molecule has 0 radical (unpaired) electrons. The average Bonchev–Trinajstić information content (AvgIpc) is 2.12. The molecule has 0 aliphatic rings. The van der Waals surface area contributed by atoms with Crippen LogP contribution in [0.25, 0.3) is 6.08 Å². The topological polar surface area (TPSA) is 46.2 Å². The molecule has 19 heavy (non-hydrogen) atoms. The van der Waals surface area contributed by atoms with E-state index in [1.54, 1.807) is 6.07 Å². The SMILES string of the molecule is CC(C)=Cc1cc(N)c(CC[N+](C)(C)C)c(O)c1.[Cl-]. The molecule has 1 aromatic rings. The molecule has 0 aliphatic carbocycles. The lowest BCUT2D eigenvalue weighted by molar-refractivity contribution is -0.870. The van der Waals surface area contributed by atoms with Crippen LogP contribution in [0.4, 0.5) is 5.69 Å². The van der Waals surface area contributed by atoms with Gasteiger partial charge in [-0.05, 0) is 31.5 Å². The first-order valence-electron chi connectivity index (χ1n) is 6.26. The molecule has 1 aromatic carbocycles. The maximum absolute atomic E-state index is 10.1. The van der Waals surface area contributed by atoms with Gasteiger partial charge in [-0.15, -0.1) is 0 Å². The van der Waals surface area contributed by atoms with Crippen molar-refractivity contribution < 1.29 is 22.0 Å². The zero-order valence-electron chi connectivity index (χ0n) is 12.5. The molecule has 0 amide bonds. The van der Waals surface area contributed by atoms with E-state index in [4.69, 9.17) is 5.73 Å². The fourth-order valence-electron chi connectivity index (χ4n) is 1.84. The average molecular weight is 285 g/mol. The number of halogens is 1. The lowest BCUT2D eigenvalue weighted by Crippen LogP contribution is -3.00. The fraction of sp³-hybridized carbons (Fsp3) is 0.467. The number of aromatic hydroxyl groups is 1. The van der Waals surface area contributed by atoms with Crippen molar-refractivity contribution in [3.8, 4) is 5.75 Å². The first-order chi connectivity index (χ1) is 8.19. The van der Waals surface area contributed by atoms with Gasteiger partial charge in [0.2, 0.25) is 0 Å². The van der Waals surface area contributed by atoms with Crippen molar-refractivity contribution in [3.63, 3.8) is 0 Å². The molecule has 0 bridgehead atoms. The molecule has 0 saturated carbocycles. The van der Waals surface area contributed by atoms with Gasteiger partial charge in [-0.2, -0.15) is 0 Å². The second kappa shape index (κ2) is 6.83. The van der Waals surface area contributed by atoms with E-state index < -0.39 is 0 Å². The van der Waals surface area contributed by atoms with Crippen molar-refractivity contribution in [2.24, 2.45) is 0 Å². The van der Waals surface area contributed by atoms with Crippen molar-refractivity contribution in [2.75, 3.05) is 33.4 Å². The standard InChI is InChI=1S/C15H24N2O.ClH/c1-11(2)8-12-9-14(16)13(15(18)10-12)6-7-17(3,4)5;/h8-10H,6-7,16H2,1-5H3;1H. The second-order valence-corrected chi connectivity index (χ2v) is 6.09. The minimum atomic E-state index is 0. The zero-order chi connectivity index (χ0) is 13.9. The highest BCUT2D eigenvalue weighted by Crippen LogP contribution is 2.27. The molecule has 0 atom stereocenters. The smallest absolute Gasteiger partial charge is 0.121 e. The Hall–Kier alpha value is -1.19. The molecule has 0 spiro atoms. The number of rotatable bonds is 4. The first kappa shape index (κ1) is 17.8. The number of phenols is 1. The molecular weight excluding hydrogens is 260 g/mol. The van der Waals surface area contributed by atoms with Gasteiger partial charge in [0.05, 0.1) is 27.7 Å². The van der Waals surface area contributed by atoms with Crippen LogP contribution >= 0.6 is 0 Å². The van der Waals surface area contributed by atoms with Crippen LogP contribution in [0.3, 0.4) is 0 Å². The number of benzene rings is 1. The van der Waals surface area contributed by atoms with Crippen LogP contribution in [-0.2, 0) is 6.42 Å². The number of nitrogens with zero attached hydrogens (tertiary/aromatic N) is 1. The van der Waals surface area contributed by atoms with E-state index in [9.17, 15) is 5.11 Å². The van der Waals surface area contributed by atoms with Crippen molar-refractivity contribution in [3.05, 3.63) is 28.8 Å². The lowest BCUT2D eigenvalue weighted by Gasteiger charge is -2.24. The van der Waals surface area contributed by atoms with E-state index in [0.29, 0.717) is 11.4 Å². The van der Waals surface area contributed by atoms with Gasteiger partial charge < -0.3 is 27.7 Å². The van der Waals surface area contributed by atoms with Gasteiger partial charge >= 0.3 is 0 Å². The summed E-state index contributed by atoms with van der Waals surface area (Å²) in [7, 11) is 6.39. The van der Waals surface area contributed by atoms with Gasteiger partial charge in [-0.25, -0.2) is 0 Å². The highest BCUT2D eigenvalue weighted by atomic mass is 35.5. The predicted octanol–water partition coefficient (Wildman–Crippen LogP) is -0.350. The van der Waals surface area contributed by atoms with E-state index in [2.05, 4.69) is 21.1 Å². The first-order valence-corrected chi connectivity index (χ1v) is 6.26. The molecule has 0 aliphatic heterocycles. The van der Waals surface area contributed by atoms with Gasteiger partial charge in [0.25, 0.3) is 0 Å². The molecule has 0 fully saturated rings. The molecule has 1 rings (SSSR count). The maximum atomic E-state index is 10.1. The minimum absolute atomic E-state index is 0. The number of quaternary nitrogens is 1. The maximum Gasteiger partial charge on any atom is 0.121 e. The summed E-state index contributed by atoms with van der Waals surface area (Å²) in [5, 5.41) is 10.1. The summed E-state index contributed by atoms with van der Waals surface area (Å²) in [5.74, 6) is 0.302. The van der Waals surface area contributed by atoms with E-state index in [-0.39, 0.29) is 12.4 Å². The van der Waals surface area contributed by atoms with Gasteiger partial charge in [-0.1, -0.05) is 11.6 Å². The molecule has 0 saturated heterocycles. The summed E-state index contributed by atoms with van der Waals surface area (Å²) in [5.41, 5.74) is 9.71. The normalized spacial score (nSPS) is 10.8. The van der Waals surface area contributed by atoms with E-state index in [1.165, 1.54) is 5.57 Å². The highest BCUT2D eigenvalue weighted by Gasteiger charge is 2.13. The molecule has 4 heteroatoms. The van der Waals surface area contributed by atoms with Crippen LogP contribution in [0.5, 0.6) is 5.75 Å². The van der Waals surface area contributed by atoms with E-state index >= 15 is 0 Å². The lowest BCUT2D eigenvalue weighted by atomic mass is 10.0. The third-order valence-corrected chi connectivity index (χ3v) is 2.77. The number of anilines is 1. The summed E-state index contributed by atoms with van der Waals surface area (Å²) >= 11 is 0. The number of allylic oxidation sites excluding steroid dienone is 1. The van der Waals surface area contributed by atoms with Crippen LogP contribution in [0, 0.1) is 0 Å². The van der Waals surface area contributed by atoms with Gasteiger partial charge in [0.15, 0.2) is 0 Å². The van der Waals surface area contributed by atoms with Crippen LogP contribution in [0.15, 0.2) is 17.7 Å². The summed E-state index contributed by atoms with van der Waals surface area (Å²) < 4.78 is 0.856. The molecule has 0 aromatic heterocycles. The molecular formula is C15H25ClN2O. The summed E-state index contributed by atoms with van der Waals surface area (Å²) in [6.07, 6.45) is 2.80. The van der Waals surface area contributed by atoms with Crippen molar-refractivity contribution in [1.82, 2.24) is 0 Å². The number of nitrogen functional groups attached to an aromatic ring is 1. The Morgan fingerprint density at radius 3 is 2.26 bits per heavy atom. The largest absolute Gasteiger partial charge is 1.00 e. The Balaban J connectivity index is 0.00000324. The van der Waals surface area contributed by atoms with Crippen LogP contribution < -0.4 is 18.1 Å². The summed E-state index contributed by atoms with van der Waals surface area (Å²) in [4.78, 5) is 0. The van der Waals surface area contributed by atoms with Crippen LogP contribution in [0.2, 0.25) is 0 Å². The Morgan fingerprint density at radius 2 is 1.84 bits per heavy atom. The van der Waals surface area contributed by atoms with Gasteiger partial charge in [0.1, 0.15) is 5.75 Å². The monoisotopic (exact) mass is 284 g/mol. The number of nitrogens with two attached hydrogens (primary N) is 1. The number of hydrogen-bond acceptors (Lipinski definition) is 2. The predicted molar refractivity (Wildman–Crippen MR) is 78.4 cm³/mol. The molecule has 3 N–H and O–H groups in total. The molecule has 3 nitrogen and oxygen atoms in total. The number of likely N-dealkylation sites (N-methyl/N-ethyl adjacent to an activating group) is 1. The Morgan fingerprint density at radius 1 is 1.26 bits per heavy atom. The summed E-state index contributed by atoms with van der Waals surface area (Å²) in [6, 6.07) is 3.71. The Labute approximate surface area is 122 Å². The quantitative estimate of drug-likeness (QED) is 0.587. The number of hydrogen-bond donors (Lipinski definition) is 2. The summed E-state index contributed by atoms with van der Waals surface area (Å²) in [6.45, 7) is 5.00. The highest BCUT2D eigenvalue weighted by molar-refractivity contribution is 5.64.